The molecule has 0 saturated carbocycles. The highest BCUT2D eigenvalue weighted by Gasteiger charge is 2.25. The number of nitrogens with one attached hydrogen (secondary N) is 1. The van der Waals surface area contributed by atoms with Gasteiger partial charge in [-0.2, -0.15) is 5.10 Å². The Bertz CT molecular complexity index is 770. The Morgan fingerprint density at radius 1 is 1.29 bits per heavy atom. The van der Waals surface area contributed by atoms with Gasteiger partial charge in [-0.05, 0) is 38.1 Å². The van der Waals surface area contributed by atoms with E-state index in [0.717, 1.165) is 44.0 Å². The summed E-state index contributed by atoms with van der Waals surface area (Å²) in [5.74, 6) is 3.99. The predicted molar refractivity (Wildman–Crippen MR) is 85.0 cm³/mol. The molecule has 8 heteroatoms. The van der Waals surface area contributed by atoms with Gasteiger partial charge in [-0.15, -0.1) is 10.2 Å². The van der Waals surface area contributed by atoms with Crippen LogP contribution in [0.4, 0.5) is 0 Å². The smallest absolute Gasteiger partial charge is 0.283 e. The van der Waals surface area contributed by atoms with Crippen LogP contribution in [0, 0.1) is 0 Å². The SMILES string of the molecule is CCc1nc(C2CCN(Cc3nnc(-c4ccco4)o3)CC2)n[nH]1. The molecule has 3 aromatic heterocycles. The Kier molecular flexibility index (Phi) is 4.12. The van der Waals surface area contributed by atoms with Crippen LogP contribution in [0.2, 0.25) is 0 Å². The third-order valence-corrected chi connectivity index (χ3v) is 4.39. The Hall–Kier alpha value is -2.48. The van der Waals surface area contributed by atoms with Gasteiger partial charge in [0.25, 0.3) is 5.89 Å². The van der Waals surface area contributed by atoms with Crippen LogP contribution in [0.25, 0.3) is 11.7 Å². The van der Waals surface area contributed by atoms with Gasteiger partial charge in [0.15, 0.2) is 11.6 Å². The first-order valence-corrected chi connectivity index (χ1v) is 8.31. The summed E-state index contributed by atoms with van der Waals surface area (Å²) in [5.41, 5.74) is 0. The van der Waals surface area contributed by atoms with E-state index in [0.29, 0.717) is 30.0 Å². The summed E-state index contributed by atoms with van der Waals surface area (Å²) in [7, 11) is 0. The number of piperidine rings is 1. The van der Waals surface area contributed by atoms with E-state index in [4.69, 9.17) is 8.83 Å². The van der Waals surface area contributed by atoms with Crippen molar-refractivity contribution in [3.8, 4) is 11.7 Å². The number of hydrogen-bond acceptors (Lipinski definition) is 7. The summed E-state index contributed by atoms with van der Waals surface area (Å²) in [4.78, 5) is 6.88. The minimum atomic E-state index is 0.428. The fourth-order valence-corrected chi connectivity index (χ4v) is 3.01. The molecule has 1 aliphatic rings. The standard InChI is InChI=1S/C16H20N6O2/c1-2-13-17-15(20-18-13)11-5-7-22(8-6-11)10-14-19-21-16(24-14)12-4-3-9-23-12/h3-4,9,11H,2,5-8,10H2,1H3,(H,17,18,20). The number of aromatic amines is 1. The highest BCUT2D eigenvalue weighted by atomic mass is 16.4. The van der Waals surface area contributed by atoms with Crippen molar-refractivity contribution in [3.63, 3.8) is 0 Å². The molecule has 1 saturated heterocycles. The average Bonchev–Trinajstić information content (AvgIpc) is 3.36. The van der Waals surface area contributed by atoms with Crippen LogP contribution in [0.5, 0.6) is 0 Å². The van der Waals surface area contributed by atoms with Gasteiger partial charge in [-0.25, -0.2) is 4.98 Å². The Morgan fingerprint density at radius 3 is 2.88 bits per heavy atom. The zero-order valence-corrected chi connectivity index (χ0v) is 13.6. The number of H-pyrrole nitrogens is 1. The number of likely N-dealkylation sites (tertiary alicyclic amines) is 1. The van der Waals surface area contributed by atoms with E-state index in [1.54, 1.807) is 12.3 Å². The summed E-state index contributed by atoms with van der Waals surface area (Å²) in [6.07, 6.45) is 4.57. The number of aryl methyl sites for hydroxylation is 1. The molecule has 0 spiro atoms. The average molecular weight is 328 g/mol. The van der Waals surface area contributed by atoms with Gasteiger partial charge in [-0.1, -0.05) is 6.92 Å². The Labute approximate surface area is 139 Å². The van der Waals surface area contributed by atoms with Crippen LogP contribution < -0.4 is 0 Å². The zero-order valence-electron chi connectivity index (χ0n) is 13.6. The minimum Gasteiger partial charge on any atom is -0.459 e. The van der Waals surface area contributed by atoms with Gasteiger partial charge in [0.05, 0.1) is 12.8 Å². The summed E-state index contributed by atoms with van der Waals surface area (Å²) in [5, 5.41) is 15.5. The van der Waals surface area contributed by atoms with Crippen molar-refractivity contribution in [2.24, 2.45) is 0 Å². The highest BCUT2D eigenvalue weighted by Crippen LogP contribution is 2.26. The number of rotatable bonds is 5. The molecule has 3 aromatic rings. The maximum atomic E-state index is 5.67. The predicted octanol–water partition coefficient (Wildman–Crippen LogP) is 2.39. The molecule has 0 aliphatic carbocycles. The maximum absolute atomic E-state index is 5.67. The van der Waals surface area contributed by atoms with E-state index in [2.05, 4.69) is 37.2 Å². The second-order valence-electron chi connectivity index (χ2n) is 6.02. The Morgan fingerprint density at radius 2 is 2.17 bits per heavy atom. The van der Waals surface area contributed by atoms with Crippen LogP contribution in [0.3, 0.4) is 0 Å². The lowest BCUT2D eigenvalue weighted by atomic mass is 9.96. The molecule has 0 aromatic carbocycles. The van der Waals surface area contributed by atoms with Crippen molar-refractivity contribution < 1.29 is 8.83 Å². The molecule has 126 valence electrons. The molecule has 0 amide bonds. The van der Waals surface area contributed by atoms with Crippen molar-refractivity contribution in [1.29, 1.82) is 0 Å². The maximum Gasteiger partial charge on any atom is 0.283 e. The quantitative estimate of drug-likeness (QED) is 0.768. The van der Waals surface area contributed by atoms with E-state index in [1.807, 2.05) is 6.07 Å². The molecule has 4 rings (SSSR count). The molecule has 0 bridgehead atoms. The number of nitrogens with zero attached hydrogens (tertiary/aromatic N) is 5. The highest BCUT2D eigenvalue weighted by molar-refractivity contribution is 5.42. The van der Waals surface area contributed by atoms with Gasteiger partial charge in [-0.3, -0.25) is 10.00 Å². The summed E-state index contributed by atoms with van der Waals surface area (Å²) < 4.78 is 10.9. The molecule has 1 N–H and O–H groups in total. The lowest BCUT2D eigenvalue weighted by Crippen LogP contribution is -2.32. The Balaban J connectivity index is 1.33. The summed E-state index contributed by atoms with van der Waals surface area (Å²) in [6.45, 7) is 4.68. The monoisotopic (exact) mass is 328 g/mol. The van der Waals surface area contributed by atoms with Gasteiger partial charge < -0.3 is 8.83 Å². The number of hydrogen-bond donors (Lipinski definition) is 1. The van der Waals surface area contributed by atoms with Crippen LogP contribution in [0.15, 0.2) is 27.2 Å². The third-order valence-electron chi connectivity index (χ3n) is 4.39. The normalized spacial score (nSPS) is 16.7. The summed E-state index contributed by atoms with van der Waals surface area (Å²) in [6, 6.07) is 3.61. The van der Waals surface area contributed by atoms with Crippen molar-refractivity contribution in [2.45, 2.75) is 38.6 Å². The zero-order chi connectivity index (χ0) is 16.4. The molecule has 4 heterocycles. The second kappa shape index (κ2) is 6.56. The van der Waals surface area contributed by atoms with E-state index in [9.17, 15) is 0 Å². The van der Waals surface area contributed by atoms with Crippen LogP contribution >= 0.6 is 0 Å². The van der Waals surface area contributed by atoms with Crippen molar-refractivity contribution in [2.75, 3.05) is 13.1 Å². The van der Waals surface area contributed by atoms with E-state index in [1.165, 1.54) is 0 Å². The lowest BCUT2D eigenvalue weighted by Gasteiger charge is -2.29. The van der Waals surface area contributed by atoms with Gasteiger partial charge in [0.1, 0.15) is 5.82 Å². The topological polar surface area (TPSA) is 96.9 Å². The molecule has 0 atom stereocenters. The van der Waals surface area contributed by atoms with Crippen molar-refractivity contribution >= 4 is 0 Å². The molecular weight excluding hydrogens is 308 g/mol. The first-order chi connectivity index (χ1) is 11.8. The molecule has 0 unspecified atom stereocenters. The van der Waals surface area contributed by atoms with E-state index < -0.39 is 0 Å². The van der Waals surface area contributed by atoms with Gasteiger partial charge in [0.2, 0.25) is 5.89 Å². The first-order valence-electron chi connectivity index (χ1n) is 8.31. The molecule has 24 heavy (non-hydrogen) atoms. The first kappa shape index (κ1) is 15.1. The molecule has 0 radical (unpaired) electrons. The molecule has 1 fully saturated rings. The van der Waals surface area contributed by atoms with Crippen LogP contribution in [-0.4, -0.2) is 43.4 Å². The van der Waals surface area contributed by atoms with E-state index >= 15 is 0 Å². The fourth-order valence-electron chi connectivity index (χ4n) is 3.01. The fraction of sp³-hybridized carbons (Fsp3) is 0.500. The van der Waals surface area contributed by atoms with Gasteiger partial charge in [0, 0.05) is 12.3 Å². The summed E-state index contributed by atoms with van der Waals surface area (Å²) >= 11 is 0. The minimum absolute atomic E-state index is 0.428. The van der Waals surface area contributed by atoms with Crippen molar-refractivity contribution in [1.82, 2.24) is 30.3 Å². The second-order valence-corrected chi connectivity index (χ2v) is 6.02. The number of furan rings is 1. The third kappa shape index (κ3) is 3.09. The largest absolute Gasteiger partial charge is 0.459 e. The molecule has 1 aliphatic heterocycles. The van der Waals surface area contributed by atoms with Crippen molar-refractivity contribution in [3.05, 3.63) is 35.9 Å². The van der Waals surface area contributed by atoms with E-state index in [-0.39, 0.29) is 0 Å². The van der Waals surface area contributed by atoms with Gasteiger partial charge >= 0.3 is 0 Å². The van der Waals surface area contributed by atoms with Crippen LogP contribution in [-0.2, 0) is 13.0 Å². The molecular formula is C16H20N6O2. The number of aromatic nitrogens is 5. The lowest BCUT2D eigenvalue weighted by molar-refractivity contribution is 0.185. The molecule has 8 nitrogen and oxygen atoms in total. The van der Waals surface area contributed by atoms with Crippen LogP contribution in [0.1, 0.15) is 43.2 Å².